The fourth-order valence-corrected chi connectivity index (χ4v) is 1.71. The van der Waals surface area contributed by atoms with E-state index in [1.54, 1.807) is 24.3 Å². The maximum absolute atomic E-state index is 11.7. The SMILES string of the molecule is CC(C(=O)Nc1cccc(C#CCN)c1)S(C)(=O)=O. The maximum atomic E-state index is 11.7. The van der Waals surface area contributed by atoms with Crippen molar-refractivity contribution in [1.29, 1.82) is 0 Å². The zero-order valence-electron chi connectivity index (χ0n) is 10.8. The predicted molar refractivity (Wildman–Crippen MR) is 75.3 cm³/mol. The molecule has 0 radical (unpaired) electrons. The molecule has 0 aliphatic heterocycles. The van der Waals surface area contributed by atoms with E-state index < -0.39 is 21.0 Å². The van der Waals surface area contributed by atoms with Gasteiger partial charge in [-0.15, -0.1) is 0 Å². The van der Waals surface area contributed by atoms with Crippen LogP contribution >= 0.6 is 0 Å². The summed E-state index contributed by atoms with van der Waals surface area (Å²) in [5, 5.41) is 1.46. The molecule has 1 unspecified atom stereocenters. The summed E-state index contributed by atoms with van der Waals surface area (Å²) in [5.41, 5.74) is 6.48. The van der Waals surface area contributed by atoms with Gasteiger partial charge in [-0.1, -0.05) is 17.9 Å². The minimum Gasteiger partial charge on any atom is -0.325 e. The van der Waals surface area contributed by atoms with Crippen molar-refractivity contribution in [1.82, 2.24) is 0 Å². The lowest BCUT2D eigenvalue weighted by atomic mass is 10.2. The molecular weight excluding hydrogens is 264 g/mol. The molecule has 1 aromatic carbocycles. The van der Waals surface area contributed by atoms with Crippen molar-refractivity contribution in [3.63, 3.8) is 0 Å². The Morgan fingerprint density at radius 3 is 2.74 bits per heavy atom. The smallest absolute Gasteiger partial charge is 0.242 e. The van der Waals surface area contributed by atoms with Crippen LogP contribution in [0.4, 0.5) is 5.69 Å². The molecule has 102 valence electrons. The van der Waals surface area contributed by atoms with Crippen molar-refractivity contribution in [2.75, 3.05) is 18.1 Å². The number of nitrogens with two attached hydrogens (primary N) is 1. The number of sulfone groups is 1. The second-order valence-corrected chi connectivity index (χ2v) is 6.41. The summed E-state index contributed by atoms with van der Waals surface area (Å²) in [6.45, 7) is 1.60. The molecule has 0 aliphatic carbocycles. The highest BCUT2D eigenvalue weighted by Crippen LogP contribution is 2.11. The van der Waals surface area contributed by atoms with Crippen molar-refractivity contribution in [3.05, 3.63) is 29.8 Å². The third-order valence-corrected chi connectivity index (χ3v) is 3.97. The Hall–Kier alpha value is -1.84. The molecule has 1 aromatic rings. The fourth-order valence-electron chi connectivity index (χ4n) is 1.27. The second-order valence-electron chi connectivity index (χ2n) is 4.05. The zero-order chi connectivity index (χ0) is 14.5. The van der Waals surface area contributed by atoms with Crippen molar-refractivity contribution in [2.24, 2.45) is 5.73 Å². The highest BCUT2D eigenvalue weighted by atomic mass is 32.2. The number of amides is 1. The molecule has 0 spiro atoms. The number of anilines is 1. The molecule has 1 rings (SSSR count). The Balaban J connectivity index is 2.86. The quantitative estimate of drug-likeness (QED) is 0.783. The van der Waals surface area contributed by atoms with E-state index in [0.717, 1.165) is 6.26 Å². The van der Waals surface area contributed by atoms with E-state index in [-0.39, 0.29) is 6.54 Å². The summed E-state index contributed by atoms with van der Waals surface area (Å²) in [6, 6.07) is 6.83. The molecule has 1 atom stereocenters. The lowest BCUT2D eigenvalue weighted by Crippen LogP contribution is -2.31. The first kappa shape index (κ1) is 15.2. The fraction of sp³-hybridized carbons (Fsp3) is 0.308. The van der Waals surface area contributed by atoms with Gasteiger partial charge in [0, 0.05) is 17.5 Å². The van der Waals surface area contributed by atoms with Crippen LogP contribution in [0.15, 0.2) is 24.3 Å². The lowest BCUT2D eigenvalue weighted by Gasteiger charge is -2.10. The highest BCUT2D eigenvalue weighted by Gasteiger charge is 2.23. The molecule has 3 N–H and O–H groups in total. The van der Waals surface area contributed by atoms with Gasteiger partial charge in [0.05, 0.1) is 6.54 Å². The number of benzene rings is 1. The average molecular weight is 280 g/mol. The molecule has 0 bridgehead atoms. The van der Waals surface area contributed by atoms with Gasteiger partial charge in [-0.25, -0.2) is 8.42 Å². The Bertz CT molecular complexity index is 627. The summed E-state index contributed by atoms with van der Waals surface area (Å²) >= 11 is 0. The lowest BCUT2D eigenvalue weighted by molar-refractivity contribution is -0.115. The van der Waals surface area contributed by atoms with Gasteiger partial charge in [0.15, 0.2) is 9.84 Å². The Labute approximate surface area is 113 Å². The number of hydrogen-bond acceptors (Lipinski definition) is 4. The molecule has 6 heteroatoms. The van der Waals surface area contributed by atoms with Crippen LogP contribution < -0.4 is 11.1 Å². The van der Waals surface area contributed by atoms with Crippen LogP contribution in [0, 0.1) is 11.8 Å². The first-order valence-electron chi connectivity index (χ1n) is 5.63. The van der Waals surface area contributed by atoms with E-state index in [9.17, 15) is 13.2 Å². The molecule has 0 saturated heterocycles. The summed E-state index contributed by atoms with van der Waals surface area (Å²) in [6.07, 6.45) is 1.03. The first-order valence-corrected chi connectivity index (χ1v) is 7.59. The minimum atomic E-state index is -3.40. The number of rotatable bonds is 3. The Morgan fingerprint density at radius 1 is 1.47 bits per heavy atom. The summed E-state index contributed by atoms with van der Waals surface area (Å²) in [5.74, 6) is 4.97. The molecule has 19 heavy (non-hydrogen) atoms. The van der Waals surface area contributed by atoms with E-state index in [1.165, 1.54) is 6.92 Å². The summed E-state index contributed by atoms with van der Waals surface area (Å²) < 4.78 is 22.5. The van der Waals surface area contributed by atoms with Gasteiger partial charge in [0.1, 0.15) is 5.25 Å². The summed E-state index contributed by atoms with van der Waals surface area (Å²) in [7, 11) is -3.40. The standard InChI is InChI=1S/C13H16N2O3S/c1-10(19(2,17)18)13(16)15-12-7-3-5-11(9-12)6-4-8-14/h3,5,7,9-10H,8,14H2,1-2H3,(H,15,16). The van der Waals surface area contributed by atoms with E-state index >= 15 is 0 Å². The van der Waals surface area contributed by atoms with Crippen LogP contribution in [0.1, 0.15) is 12.5 Å². The maximum Gasteiger partial charge on any atom is 0.242 e. The predicted octanol–water partition coefficient (Wildman–Crippen LogP) is 0.368. The van der Waals surface area contributed by atoms with Gasteiger partial charge >= 0.3 is 0 Å². The van der Waals surface area contributed by atoms with E-state index in [4.69, 9.17) is 5.73 Å². The van der Waals surface area contributed by atoms with Crippen LogP contribution in [-0.4, -0.2) is 32.4 Å². The molecular formula is C13H16N2O3S. The molecule has 1 amide bonds. The molecule has 0 fully saturated rings. The number of carbonyl (C=O) groups excluding carboxylic acids is 1. The molecule has 0 aromatic heterocycles. The number of carbonyl (C=O) groups is 1. The molecule has 0 saturated carbocycles. The second kappa shape index (κ2) is 6.36. The third-order valence-electron chi connectivity index (χ3n) is 2.48. The molecule has 0 aliphatic rings. The van der Waals surface area contributed by atoms with Crippen LogP contribution in [0.2, 0.25) is 0 Å². The molecule has 5 nitrogen and oxygen atoms in total. The van der Waals surface area contributed by atoms with Gasteiger partial charge in [0.25, 0.3) is 0 Å². The van der Waals surface area contributed by atoms with Gasteiger partial charge in [-0.05, 0) is 25.1 Å². The normalized spacial score (nSPS) is 12.2. The van der Waals surface area contributed by atoms with E-state index in [0.29, 0.717) is 11.3 Å². The van der Waals surface area contributed by atoms with Crippen molar-refractivity contribution in [2.45, 2.75) is 12.2 Å². The Morgan fingerprint density at radius 2 is 2.16 bits per heavy atom. The van der Waals surface area contributed by atoms with Crippen LogP contribution in [-0.2, 0) is 14.6 Å². The third kappa shape index (κ3) is 4.73. The largest absolute Gasteiger partial charge is 0.325 e. The van der Waals surface area contributed by atoms with Gasteiger partial charge in [-0.3, -0.25) is 4.79 Å². The van der Waals surface area contributed by atoms with Crippen molar-refractivity contribution in [3.8, 4) is 11.8 Å². The minimum absolute atomic E-state index is 0.252. The topological polar surface area (TPSA) is 89.3 Å². The summed E-state index contributed by atoms with van der Waals surface area (Å²) in [4.78, 5) is 11.7. The monoisotopic (exact) mass is 280 g/mol. The van der Waals surface area contributed by atoms with Gasteiger partial charge in [-0.2, -0.15) is 0 Å². The van der Waals surface area contributed by atoms with Crippen molar-refractivity contribution < 1.29 is 13.2 Å². The van der Waals surface area contributed by atoms with E-state index in [2.05, 4.69) is 17.2 Å². The van der Waals surface area contributed by atoms with Crippen molar-refractivity contribution >= 4 is 21.4 Å². The molecule has 0 heterocycles. The highest BCUT2D eigenvalue weighted by molar-refractivity contribution is 7.92. The first-order chi connectivity index (χ1) is 8.84. The number of hydrogen-bond donors (Lipinski definition) is 2. The number of nitrogens with one attached hydrogen (secondary N) is 1. The van der Waals surface area contributed by atoms with Crippen LogP contribution in [0.5, 0.6) is 0 Å². The zero-order valence-corrected chi connectivity index (χ0v) is 11.6. The van der Waals surface area contributed by atoms with Crippen LogP contribution in [0.3, 0.4) is 0 Å². The van der Waals surface area contributed by atoms with Crippen LogP contribution in [0.25, 0.3) is 0 Å². The van der Waals surface area contributed by atoms with E-state index in [1.807, 2.05) is 0 Å². The average Bonchev–Trinajstić information content (AvgIpc) is 2.34. The van der Waals surface area contributed by atoms with Gasteiger partial charge in [0.2, 0.25) is 5.91 Å². The van der Waals surface area contributed by atoms with Gasteiger partial charge < -0.3 is 11.1 Å². The Kier molecular flexibility index (Phi) is 5.10.